The highest BCUT2D eigenvalue weighted by Gasteiger charge is 2.56. The minimum absolute atomic E-state index is 0.202. The molecule has 1 N–H and O–H groups in total. The van der Waals surface area contributed by atoms with E-state index in [2.05, 4.69) is 37.2 Å². The highest BCUT2D eigenvalue weighted by atomic mass is 79.9. The zero-order valence-electron chi connectivity index (χ0n) is 21.0. The van der Waals surface area contributed by atoms with Gasteiger partial charge in [0.2, 0.25) is 17.7 Å². The molecule has 0 bridgehead atoms. The number of aromatic nitrogens is 1. The minimum atomic E-state index is -0.743. The van der Waals surface area contributed by atoms with Crippen LogP contribution in [0.5, 0.6) is 0 Å². The van der Waals surface area contributed by atoms with E-state index in [4.69, 9.17) is 0 Å². The SMILES string of the molecule is Cc1cccc(NC(=O)Cn2c3c(sc2=O)[C@H](c2cccc(Br)c2)C2C(=O)N(c4ccc(Br)cc4)C(=O)C2S3)c1. The summed E-state index contributed by atoms with van der Waals surface area (Å²) in [6.45, 7) is 1.73. The van der Waals surface area contributed by atoms with E-state index in [1.807, 2.05) is 49.4 Å². The van der Waals surface area contributed by atoms with Gasteiger partial charge in [0.1, 0.15) is 11.8 Å². The predicted molar refractivity (Wildman–Crippen MR) is 164 cm³/mol. The molecule has 202 valence electrons. The van der Waals surface area contributed by atoms with E-state index in [1.54, 1.807) is 30.3 Å². The Morgan fingerprint density at radius 1 is 0.925 bits per heavy atom. The molecule has 2 aliphatic rings. The van der Waals surface area contributed by atoms with Crippen molar-refractivity contribution in [3.8, 4) is 0 Å². The first-order valence-corrected chi connectivity index (χ1v) is 15.6. The molecule has 40 heavy (non-hydrogen) atoms. The first kappa shape index (κ1) is 27.2. The number of fused-ring (bicyclic) bond motifs is 2. The van der Waals surface area contributed by atoms with Gasteiger partial charge in [0.05, 0.1) is 16.6 Å². The first-order valence-electron chi connectivity index (χ1n) is 12.4. The van der Waals surface area contributed by atoms with E-state index in [0.29, 0.717) is 21.3 Å². The van der Waals surface area contributed by atoms with Gasteiger partial charge in [-0.2, -0.15) is 0 Å². The van der Waals surface area contributed by atoms with Crippen LogP contribution in [0.15, 0.2) is 91.6 Å². The summed E-state index contributed by atoms with van der Waals surface area (Å²) in [6.07, 6.45) is 0. The topological polar surface area (TPSA) is 88.5 Å². The van der Waals surface area contributed by atoms with Gasteiger partial charge in [-0.3, -0.25) is 23.7 Å². The quantitative estimate of drug-likeness (QED) is 0.252. The van der Waals surface area contributed by atoms with Crippen molar-refractivity contribution in [2.75, 3.05) is 10.2 Å². The van der Waals surface area contributed by atoms with Crippen molar-refractivity contribution in [2.45, 2.75) is 29.7 Å². The number of nitrogens with zero attached hydrogens (tertiary/aromatic N) is 2. The second kappa shape index (κ2) is 10.8. The summed E-state index contributed by atoms with van der Waals surface area (Å²) in [6, 6.07) is 22.1. The number of anilines is 2. The number of carbonyl (C=O) groups excluding carboxylic acids is 3. The van der Waals surface area contributed by atoms with Crippen LogP contribution < -0.4 is 15.1 Å². The molecule has 0 saturated carbocycles. The van der Waals surface area contributed by atoms with Gasteiger partial charge in [-0.1, -0.05) is 79.2 Å². The second-order valence-corrected chi connectivity index (χ2v) is 13.6. The van der Waals surface area contributed by atoms with Crippen LogP contribution >= 0.6 is 55.0 Å². The lowest BCUT2D eigenvalue weighted by atomic mass is 9.83. The Balaban J connectivity index is 1.41. The zero-order chi connectivity index (χ0) is 28.1. The van der Waals surface area contributed by atoms with Gasteiger partial charge in [-0.25, -0.2) is 4.90 Å². The molecule has 3 atom stereocenters. The van der Waals surface area contributed by atoms with E-state index in [-0.39, 0.29) is 29.1 Å². The Morgan fingerprint density at radius 3 is 2.40 bits per heavy atom. The third kappa shape index (κ3) is 4.89. The van der Waals surface area contributed by atoms with Crippen molar-refractivity contribution in [1.29, 1.82) is 0 Å². The van der Waals surface area contributed by atoms with Crippen molar-refractivity contribution in [2.24, 2.45) is 5.92 Å². The summed E-state index contributed by atoms with van der Waals surface area (Å²) in [5.74, 6) is -2.20. The molecule has 1 fully saturated rings. The van der Waals surface area contributed by atoms with Gasteiger partial charge in [0.25, 0.3) is 0 Å². The molecule has 3 amide bonds. The average molecular weight is 699 g/mol. The van der Waals surface area contributed by atoms with Crippen molar-refractivity contribution >= 4 is 84.1 Å². The maximum absolute atomic E-state index is 13.9. The molecule has 3 aromatic carbocycles. The largest absolute Gasteiger partial charge is 0.325 e. The van der Waals surface area contributed by atoms with E-state index < -0.39 is 17.1 Å². The Hall–Kier alpha value is -2.99. The lowest BCUT2D eigenvalue weighted by Crippen LogP contribution is -2.33. The van der Waals surface area contributed by atoms with Crippen molar-refractivity contribution in [3.05, 3.63) is 107 Å². The molecular weight excluding hydrogens is 678 g/mol. The average Bonchev–Trinajstić information content (AvgIpc) is 3.35. The maximum Gasteiger partial charge on any atom is 0.308 e. The number of thiazole rings is 1. The summed E-state index contributed by atoms with van der Waals surface area (Å²) < 4.78 is 3.09. The van der Waals surface area contributed by atoms with Crippen molar-refractivity contribution in [1.82, 2.24) is 4.57 Å². The van der Waals surface area contributed by atoms with Crippen LogP contribution in [0.3, 0.4) is 0 Å². The first-order chi connectivity index (χ1) is 19.2. The fourth-order valence-corrected chi connectivity index (χ4v) is 8.68. The molecule has 2 aliphatic heterocycles. The molecule has 2 unspecified atom stereocenters. The summed E-state index contributed by atoms with van der Waals surface area (Å²) in [7, 11) is 0. The van der Waals surface area contributed by atoms with Gasteiger partial charge in [0.15, 0.2) is 0 Å². The number of imide groups is 1. The highest BCUT2D eigenvalue weighted by Crippen LogP contribution is 2.54. The fraction of sp³-hybridized carbons (Fsp3) is 0.172. The summed E-state index contributed by atoms with van der Waals surface area (Å²) in [5, 5.41) is 2.67. The molecule has 1 aromatic heterocycles. The lowest BCUT2D eigenvalue weighted by molar-refractivity contribution is -0.122. The second-order valence-electron chi connectivity index (χ2n) is 9.63. The molecule has 11 heteroatoms. The summed E-state index contributed by atoms with van der Waals surface area (Å²) in [5.41, 5.74) is 2.96. The molecular formula is C29H21Br2N3O4S2. The molecule has 0 spiro atoms. The number of benzene rings is 3. The van der Waals surface area contributed by atoms with Gasteiger partial charge < -0.3 is 5.32 Å². The molecule has 1 saturated heterocycles. The molecule has 4 aromatic rings. The Bertz CT molecular complexity index is 1730. The van der Waals surface area contributed by atoms with Crippen LogP contribution in [0.25, 0.3) is 0 Å². The smallest absolute Gasteiger partial charge is 0.308 e. The molecule has 3 heterocycles. The van der Waals surface area contributed by atoms with Gasteiger partial charge >= 0.3 is 4.87 Å². The number of thioether (sulfide) groups is 1. The van der Waals surface area contributed by atoms with Crippen LogP contribution in [-0.4, -0.2) is 27.5 Å². The number of carbonyl (C=O) groups is 3. The highest BCUT2D eigenvalue weighted by molar-refractivity contribution is 9.10. The predicted octanol–water partition coefficient (Wildman–Crippen LogP) is 6.18. The van der Waals surface area contributed by atoms with Gasteiger partial charge in [0, 0.05) is 25.4 Å². The lowest BCUT2D eigenvalue weighted by Gasteiger charge is -2.30. The number of aryl methyl sites for hydroxylation is 1. The molecule has 0 radical (unpaired) electrons. The van der Waals surface area contributed by atoms with Crippen LogP contribution in [0.1, 0.15) is 21.9 Å². The van der Waals surface area contributed by atoms with E-state index in [1.165, 1.54) is 21.2 Å². The Kier molecular flexibility index (Phi) is 7.32. The number of nitrogens with one attached hydrogen (secondary N) is 1. The number of amides is 3. The molecule has 6 rings (SSSR count). The van der Waals surface area contributed by atoms with Crippen LogP contribution in [0, 0.1) is 12.8 Å². The third-order valence-electron chi connectivity index (χ3n) is 6.95. The van der Waals surface area contributed by atoms with Crippen LogP contribution in [-0.2, 0) is 20.9 Å². The van der Waals surface area contributed by atoms with Gasteiger partial charge in [-0.05, 0) is 66.6 Å². The zero-order valence-corrected chi connectivity index (χ0v) is 25.8. The minimum Gasteiger partial charge on any atom is -0.325 e. The number of hydrogen-bond donors (Lipinski definition) is 1. The monoisotopic (exact) mass is 697 g/mol. The van der Waals surface area contributed by atoms with Crippen LogP contribution in [0.2, 0.25) is 0 Å². The van der Waals surface area contributed by atoms with Gasteiger partial charge in [-0.15, -0.1) is 0 Å². The standard InChI is InChI=1S/C29H21Br2N3O4S2/c1-15-4-2-7-19(12-15)32-21(35)14-33-28-25(40-29(33)38)22(16-5-3-6-18(31)13-16)23-24(39-28)27(37)34(26(23)36)20-10-8-17(30)9-11-20/h2-13,22-24H,14H2,1H3,(H,32,35)/t22-,23?,24?/m1/s1. The maximum atomic E-state index is 13.9. The molecule has 0 aliphatic carbocycles. The van der Waals surface area contributed by atoms with E-state index in [9.17, 15) is 19.2 Å². The fourth-order valence-electron chi connectivity index (χ4n) is 5.23. The van der Waals surface area contributed by atoms with Crippen molar-refractivity contribution < 1.29 is 14.4 Å². The van der Waals surface area contributed by atoms with Crippen molar-refractivity contribution in [3.63, 3.8) is 0 Å². The summed E-state index contributed by atoms with van der Waals surface area (Å²) in [4.78, 5) is 55.7. The normalized spacial score (nSPS) is 19.9. The number of rotatable bonds is 5. The number of halogens is 2. The van der Waals surface area contributed by atoms with E-state index >= 15 is 0 Å². The number of hydrogen-bond acceptors (Lipinski definition) is 6. The summed E-state index contributed by atoms with van der Waals surface area (Å²) >= 11 is 9.16. The Morgan fingerprint density at radius 2 is 1.68 bits per heavy atom. The third-order valence-corrected chi connectivity index (χ3v) is 10.6. The van der Waals surface area contributed by atoms with E-state index in [0.717, 1.165) is 31.4 Å². The Labute approximate surface area is 254 Å². The van der Waals surface area contributed by atoms with Crippen LogP contribution in [0.4, 0.5) is 11.4 Å². The molecule has 7 nitrogen and oxygen atoms in total.